The third-order valence-electron chi connectivity index (χ3n) is 1.64. The SMILES string of the molecule is NCc1nc(C(F)F)cc(F)c1[N+](=O)[O-]. The van der Waals surface area contributed by atoms with Crippen molar-refractivity contribution in [3.05, 3.63) is 33.4 Å². The number of halogens is 3. The van der Waals surface area contributed by atoms with E-state index in [1.165, 1.54) is 0 Å². The molecule has 0 spiro atoms. The first kappa shape index (κ1) is 11.4. The normalized spacial score (nSPS) is 10.7. The van der Waals surface area contributed by atoms with Crippen molar-refractivity contribution in [1.29, 1.82) is 0 Å². The molecule has 8 heteroatoms. The van der Waals surface area contributed by atoms with E-state index in [4.69, 9.17) is 5.73 Å². The van der Waals surface area contributed by atoms with Crippen LogP contribution in [-0.4, -0.2) is 9.91 Å². The highest BCUT2D eigenvalue weighted by Gasteiger charge is 2.24. The lowest BCUT2D eigenvalue weighted by Gasteiger charge is -2.04. The maximum Gasteiger partial charge on any atom is 0.327 e. The van der Waals surface area contributed by atoms with E-state index in [2.05, 4.69) is 4.98 Å². The van der Waals surface area contributed by atoms with Gasteiger partial charge in [0.25, 0.3) is 6.43 Å². The number of rotatable bonds is 3. The Balaban J connectivity index is 3.37. The number of nitro groups is 1. The van der Waals surface area contributed by atoms with Crippen molar-refractivity contribution in [3.8, 4) is 0 Å². The first-order valence-electron chi connectivity index (χ1n) is 3.79. The van der Waals surface area contributed by atoms with Crippen LogP contribution >= 0.6 is 0 Å². The molecule has 0 unspecified atom stereocenters. The van der Waals surface area contributed by atoms with Crippen LogP contribution in [0.4, 0.5) is 18.9 Å². The molecule has 0 aromatic carbocycles. The maximum atomic E-state index is 13.0. The molecule has 1 heterocycles. The van der Waals surface area contributed by atoms with Gasteiger partial charge in [-0.15, -0.1) is 0 Å². The van der Waals surface area contributed by atoms with Crippen LogP contribution in [-0.2, 0) is 6.54 Å². The van der Waals surface area contributed by atoms with Crippen molar-refractivity contribution >= 4 is 5.69 Å². The van der Waals surface area contributed by atoms with Gasteiger partial charge in [-0.25, -0.2) is 13.8 Å². The summed E-state index contributed by atoms with van der Waals surface area (Å²) in [6, 6.07) is 0.335. The van der Waals surface area contributed by atoms with Gasteiger partial charge in [0.2, 0.25) is 5.82 Å². The van der Waals surface area contributed by atoms with Crippen LogP contribution in [0.5, 0.6) is 0 Å². The van der Waals surface area contributed by atoms with E-state index < -0.39 is 40.8 Å². The summed E-state index contributed by atoms with van der Waals surface area (Å²) in [4.78, 5) is 12.5. The van der Waals surface area contributed by atoms with E-state index in [0.29, 0.717) is 6.07 Å². The van der Waals surface area contributed by atoms with E-state index >= 15 is 0 Å². The number of nitrogens with zero attached hydrogens (tertiary/aromatic N) is 2. The Hall–Kier alpha value is -1.70. The first-order valence-corrected chi connectivity index (χ1v) is 3.79. The quantitative estimate of drug-likeness (QED) is 0.619. The third kappa shape index (κ3) is 2.21. The zero-order chi connectivity index (χ0) is 11.6. The summed E-state index contributed by atoms with van der Waals surface area (Å²) in [6.45, 7) is -0.478. The lowest BCUT2D eigenvalue weighted by molar-refractivity contribution is -0.388. The van der Waals surface area contributed by atoms with Crippen molar-refractivity contribution in [3.63, 3.8) is 0 Å². The molecule has 0 fully saturated rings. The molecule has 0 radical (unpaired) electrons. The molecule has 0 aliphatic rings. The second-order valence-electron chi connectivity index (χ2n) is 2.59. The van der Waals surface area contributed by atoms with Crippen LogP contribution in [0.2, 0.25) is 0 Å². The standard InChI is InChI=1S/C7H6F3N3O2/c8-3-1-4(7(9)10)12-5(2-11)6(3)13(14)15/h1,7H,2,11H2. The van der Waals surface area contributed by atoms with Crippen LogP contribution < -0.4 is 5.73 Å². The van der Waals surface area contributed by atoms with Crippen molar-refractivity contribution in [2.24, 2.45) is 5.73 Å². The minimum absolute atomic E-state index is 0.335. The van der Waals surface area contributed by atoms with Crippen molar-refractivity contribution in [2.45, 2.75) is 13.0 Å². The molecule has 0 bridgehead atoms. The minimum Gasteiger partial charge on any atom is -0.325 e. The average Bonchev–Trinajstić information content (AvgIpc) is 2.15. The molecule has 1 rings (SSSR count). The Morgan fingerprint density at radius 2 is 2.20 bits per heavy atom. The van der Waals surface area contributed by atoms with E-state index in [0.717, 1.165) is 0 Å². The van der Waals surface area contributed by atoms with Gasteiger partial charge in [-0.1, -0.05) is 0 Å². The van der Waals surface area contributed by atoms with Gasteiger partial charge in [-0.2, -0.15) is 4.39 Å². The second-order valence-corrected chi connectivity index (χ2v) is 2.59. The molecule has 0 aliphatic heterocycles. The Labute approximate surface area is 81.9 Å². The van der Waals surface area contributed by atoms with Crippen LogP contribution in [0.3, 0.4) is 0 Å². The topological polar surface area (TPSA) is 82.0 Å². The van der Waals surface area contributed by atoms with Gasteiger partial charge < -0.3 is 5.73 Å². The predicted octanol–water partition coefficient (Wildman–Crippen LogP) is 1.53. The average molecular weight is 221 g/mol. The largest absolute Gasteiger partial charge is 0.327 e. The fourth-order valence-corrected chi connectivity index (χ4v) is 1.02. The highest BCUT2D eigenvalue weighted by molar-refractivity contribution is 5.38. The molecule has 15 heavy (non-hydrogen) atoms. The summed E-state index contributed by atoms with van der Waals surface area (Å²) in [6.07, 6.45) is -2.99. The number of aromatic nitrogens is 1. The molecule has 1 aromatic rings. The monoisotopic (exact) mass is 221 g/mol. The Morgan fingerprint density at radius 3 is 2.60 bits per heavy atom. The molecule has 0 amide bonds. The fraction of sp³-hybridized carbons (Fsp3) is 0.286. The summed E-state index contributed by atoms with van der Waals surface area (Å²) in [7, 11) is 0. The van der Waals surface area contributed by atoms with E-state index in [1.54, 1.807) is 0 Å². The number of hydrogen-bond acceptors (Lipinski definition) is 4. The Bertz CT molecular complexity index is 397. The summed E-state index contributed by atoms with van der Waals surface area (Å²) in [5, 5.41) is 10.4. The van der Waals surface area contributed by atoms with Gasteiger partial charge in [-0.05, 0) is 0 Å². The van der Waals surface area contributed by atoms with Crippen LogP contribution in [0.1, 0.15) is 17.8 Å². The minimum atomic E-state index is -2.99. The fourth-order valence-electron chi connectivity index (χ4n) is 1.02. The van der Waals surface area contributed by atoms with E-state index in [9.17, 15) is 23.3 Å². The molecule has 0 saturated heterocycles. The molecule has 0 aliphatic carbocycles. The first-order chi connectivity index (χ1) is 6.97. The molecular formula is C7H6F3N3O2. The molecule has 0 atom stereocenters. The van der Waals surface area contributed by atoms with E-state index in [1.807, 2.05) is 0 Å². The zero-order valence-electron chi connectivity index (χ0n) is 7.28. The third-order valence-corrected chi connectivity index (χ3v) is 1.64. The Morgan fingerprint density at radius 1 is 1.60 bits per heavy atom. The lowest BCUT2D eigenvalue weighted by Crippen LogP contribution is -2.09. The van der Waals surface area contributed by atoms with Crippen LogP contribution in [0.25, 0.3) is 0 Å². The highest BCUT2D eigenvalue weighted by Crippen LogP contribution is 2.25. The highest BCUT2D eigenvalue weighted by atomic mass is 19.3. The summed E-state index contributed by atoms with van der Waals surface area (Å²) >= 11 is 0. The van der Waals surface area contributed by atoms with Gasteiger partial charge in [0, 0.05) is 12.6 Å². The van der Waals surface area contributed by atoms with Gasteiger partial charge in [0.1, 0.15) is 11.4 Å². The number of hydrogen-bond donors (Lipinski definition) is 1. The number of alkyl halides is 2. The Kier molecular flexibility index (Phi) is 3.20. The van der Waals surface area contributed by atoms with Gasteiger partial charge in [0.05, 0.1) is 4.92 Å². The smallest absolute Gasteiger partial charge is 0.325 e. The zero-order valence-corrected chi connectivity index (χ0v) is 7.28. The molecule has 5 nitrogen and oxygen atoms in total. The molecule has 82 valence electrons. The predicted molar refractivity (Wildman–Crippen MR) is 43.7 cm³/mol. The van der Waals surface area contributed by atoms with Crippen molar-refractivity contribution in [2.75, 3.05) is 0 Å². The number of pyridine rings is 1. The maximum absolute atomic E-state index is 13.0. The van der Waals surface area contributed by atoms with Crippen LogP contribution in [0, 0.1) is 15.9 Å². The molecule has 0 saturated carbocycles. The van der Waals surface area contributed by atoms with Gasteiger partial charge in [-0.3, -0.25) is 10.1 Å². The second kappa shape index (κ2) is 4.22. The number of nitrogens with two attached hydrogens (primary N) is 1. The molecule has 1 aromatic heterocycles. The molecule has 2 N–H and O–H groups in total. The molecular weight excluding hydrogens is 215 g/mol. The lowest BCUT2D eigenvalue weighted by atomic mass is 10.2. The van der Waals surface area contributed by atoms with Crippen molar-refractivity contribution < 1.29 is 18.1 Å². The van der Waals surface area contributed by atoms with E-state index in [-0.39, 0.29) is 0 Å². The summed E-state index contributed by atoms with van der Waals surface area (Å²) in [5.74, 6) is -1.36. The van der Waals surface area contributed by atoms with Crippen LogP contribution in [0.15, 0.2) is 6.07 Å². The van der Waals surface area contributed by atoms with Gasteiger partial charge in [0.15, 0.2) is 0 Å². The summed E-state index contributed by atoms with van der Waals surface area (Å²) in [5.41, 5.74) is 2.74. The van der Waals surface area contributed by atoms with Crippen molar-refractivity contribution in [1.82, 2.24) is 4.98 Å². The summed E-state index contributed by atoms with van der Waals surface area (Å²) < 4.78 is 37.4. The van der Waals surface area contributed by atoms with Gasteiger partial charge >= 0.3 is 5.69 Å².